The van der Waals surface area contributed by atoms with Crippen LogP contribution < -0.4 is 5.32 Å². The highest BCUT2D eigenvalue weighted by molar-refractivity contribution is 6.35. The van der Waals surface area contributed by atoms with Crippen molar-refractivity contribution in [1.29, 1.82) is 0 Å². The van der Waals surface area contributed by atoms with E-state index in [-0.39, 0.29) is 5.78 Å². The number of hydrogen-bond donors (Lipinski definition) is 1. The average molecular weight is 324 g/mol. The zero-order valence-corrected chi connectivity index (χ0v) is 13.0. The molecule has 0 saturated heterocycles. The number of ether oxygens (including phenoxy) is 1. The van der Waals surface area contributed by atoms with Crippen LogP contribution in [0.5, 0.6) is 0 Å². The Kier molecular flexibility index (Phi) is 5.62. The van der Waals surface area contributed by atoms with Crippen molar-refractivity contribution in [2.45, 2.75) is 13.2 Å². The monoisotopic (exact) mass is 323 g/mol. The molecule has 21 heavy (non-hydrogen) atoms. The summed E-state index contributed by atoms with van der Waals surface area (Å²) in [5.41, 5.74) is 1.21. The molecule has 5 heteroatoms. The molecule has 0 radical (unpaired) electrons. The van der Waals surface area contributed by atoms with E-state index in [1.54, 1.807) is 30.3 Å². The number of carbonyl (C=O) groups is 1. The van der Waals surface area contributed by atoms with Crippen LogP contribution >= 0.6 is 23.2 Å². The van der Waals surface area contributed by atoms with Gasteiger partial charge in [-0.3, -0.25) is 4.79 Å². The van der Waals surface area contributed by atoms with Gasteiger partial charge < -0.3 is 10.1 Å². The van der Waals surface area contributed by atoms with Gasteiger partial charge in [-0.05, 0) is 25.1 Å². The first kappa shape index (κ1) is 15.8. The molecular weight excluding hydrogens is 309 g/mol. The summed E-state index contributed by atoms with van der Waals surface area (Å²) < 4.78 is 5.50. The summed E-state index contributed by atoms with van der Waals surface area (Å²) in [6.07, 6.45) is -0.785. The maximum absolute atomic E-state index is 12.5. The second-order valence-electron chi connectivity index (χ2n) is 4.37. The first-order valence-corrected chi connectivity index (χ1v) is 7.29. The Labute approximate surface area is 133 Å². The third kappa shape index (κ3) is 4.46. The zero-order valence-electron chi connectivity index (χ0n) is 11.5. The maximum Gasteiger partial charge on any atom is 0.212 e. The fraction of sp³-hybridized carbons (Fsp3) is 0.188. The number of hydrogen-bond acceptors (Lipinski definition) is 3. The van der Waals surface area contributed by atoms with E-state index in [1.807, 2.05) is 25.1 Å². The van der Waals surface area contributed by atoms with Crippen molar-refractivity contribution >= 4 is 34.7 Å². The molecule has 0 aliphatic heterocycles. The predicted molar refractivity (Wildman–Crippen MR) is 86.3 cm³/mol. The van der Waals surface area contributed by atoms with E-state index in [4.69, 9.17) is 27.9 Å². The largest absolute Gasteiger partial charge is 0.354 e. The third-order valence-electron chi connectivity index (χ3n) is 2.79. The van der Waals surface area contributed by atoms with Gasteiger partial charge in [0.1, 0.15) is 0 Å². The molecule has 1 N–H and O–H groups in total. The molecule has 0 aliphatic carbocycles. The summed E-state index contributed by atoms with van der Waals surface area (Å²) in [7, 11) is 0. The average Bonchev–Trinajstić information content (AvgIpc) is 2.46. The molecule has 0 bridgehead atoms. The van der Waals surface area contributed by atoms with Gasteiger partial charge in [0.2, 0.25) is 5.78 Å². The summed E-state index contributed by atoms with van der Waals surface area (Å²) in [5.74, 6) is -0.145. The summed E-state index contributed by atoms with van der Waals surface area (Å²) in [6, 6.07) is 14.0. The van der Waals surface area contributed by atoms with Crippen LogP contribution in [0.3, 0.4) is 0 Å². The number of benzene rings is 2. The Morgan fingerprint density at radius 2 is 1.76 bits per heavy atom. The molecule has 0 heterocycles. The fourth-order valence-corrected chi connectivity index (χ4v) is 2.42. The SMILES string of the molecule is CCO[C@H](Nc1cc(Cl)cc(Cl)c1)C(=O)c1ccccc1. The van der Waals surface area contributed by atoms with Crippen molar-refractivity contribution in [3.05, 3.63) is 64.1 Å². The number of ketones is 1. The van der Waals surface area contributed by atoms with Gasteiger partial charge in [0.15, 0.2) is 6.23 Å². The minimum atomic E-state index is -0.785. The van der Waals surface area contributed by atoms with Crippen LogP contribution in [0.25, 0.3) is 0 Å². The molecule has 0 aromatic heterocycles. The van der Waals surface area contributed by atoms with Crippen molar-refractivity contribution < 1.29 is 9.53 Å². The van der Waals surface area contributed by atoms with Crippen molar-refractivity contribution in [1.82, 2.24) is 0 Å². The maximum atomic E-state index is 12.5. The van der Waals surface area contributed by atoms with Crippen LogP contribution in [0.4, 0.5) is 5.69 Å². The molecule has 0 spiro atoms. The summed E-state index contributed by atoms with van der Waals surface area (Å²) >= 11 is 11.9. The number of anilines is 1. The molecule has 1 atom stereocenters. The van der Waals surface area contributed by atoms with Crippen LogP contribution in [0.15, 0.2) is 48.5 Å². The van der Waals surface area contributed by atoms with E-state index in [9.17, 15) is 4.79 Å². The number of Topliss-reactive ketones (excluding diaryl/α,β-unsaturated/α-hetero) is 1. The van der Waals surface area contributed by atoms with E-state index < -0.39 is 6.23 Å². The standard InChI is InChI=1S/C16H15Cl2NO2/c1-2-21-16(15(20)11-6-4-3-5-7-11)19-14-9-12(17)8-13(18)10-14/h3-10,16,19H,2H2,1H3/t16-/m0/s1. The lowest BCUT2D eigenvalue weighted by molar-refractivity contribution is 0.0549. The Hall–Kier alpha value is -1.55. The first-order valence-electron chi connectivity index (χ1n) is 6.53. The van der Waals surface area contributed by atoms with E-state index in [2.05, 4.69) is 5.32 Å². The Morgan fingerprint density at radius 3 is 2.33 bits per heavy atom. The third-order valence-corrected chi connectivity index (χ3v) is 3.23. The van der Waals surface area contributed by atoms with Crippen molar-refractivity contribution in [2.24, 2.45) is 0 Å². The minimum Gasteiger partial charge on any atom is -0.354 e. The quantitative estimate of drug-likeness (QED) is 0.621. The normalized spacial score (nSPS) is 12.0. The predicted octanol–water partition coefficient (Wildman–Crippen LogP) is 4.65. The second-order valence-corrected chi connectivity index (χ2v) is 5.24. The van der Waals surface area contributed by atoms with Gasteiger partial charge in [0.25, 0.3) is 0 Å². The summed E-state index contributed by atoms with van der Waals surface area (Å²) in [4.78, 5) is 12.5. The highest BCUT2D eigenvalue weighted by atomic mass is 35.5. The molecular formula is C16H15Cl2NO2. The van der Waals surface area contributed by atoms with Gasteiger partial charge in [-0.15, -0.1) is 0 Å². The zero-order chi connectivity index (χ0) is 15.2. The molecule has 0 amide bonds. The van der Waals surface area contributed by atoms with Gasteiger partial charge in [-0.2, -0.15) is 0 Å². The lowest BCUT2D eigenvalue weighted by atomic mass is 10.1. The van der Waals surface area contributed by atoms with Gasteiger partial charge in [0, 0.05) is 27.9 Å². The molecule has 0 saturated carbocycles. The minimum absolute atomic E-state index is 0.145. The smallest absolute Gasteiger partial charge is 0.212 e. The van der Waals surface area contributed by atoms with Crippen LogP contribution in [0.1, 0.15) is 17.3 Å². The summed E-state index contributed by atoms with van der Waals surface area (Å²) in [5, 5.41) is 4.01. The van der Waals surface area contributed by atoms with Crippen molar-refractivity contribution in [2.75, 3.05) is 11.9 Å². The van der Waals surface area contributed by atoms with Gasteiger partial charge in [-0.1, -0.05) is 53.5 Å². The lowest BCUT2D eigenvalue weighted by Crippen LogP contribution is -2.32. The number of rotatable bonds is 6. The number of nitrogens with one attached hydrogen (secondary N) is 1. The van der Waals surface area contributed by atoms with Gasteiger partial charge >= 0.3 is 0 Å². The van der Waals surface area contributed by atoms with E-state index in [0.29, 0.717) is 27.9 Å². The molecule has 110 valence electrons. The second kappa shape index (κ2) is 7.46. The van der Waals surface area contributed by atoms with E-state index in [0.717, 1.165) is 0 Å². The molecule has 2 aromatic rings. The van der Waals surface area contributed by atoms with E-state index >= 15 is 0 Å². The van der Waals surface area contributed by atoms with Gasteiger partial charge in [-0.25, -0.2) is 0 Å². The Morgan fingerprint density at radius 1 is 1.14 bits per heavy atom. The molecule has 3 nitrogen and oxygen atoms in total. The van der Waals surface area contributed by atoms with Crippen LogP contribution in [-0.4, -0.2) is 18.6 Å². The summed E-state index contributed by atoms with van der Waals surface area (Å²) in [6.45, 7) is 2.24. The van der Waals surface area contributed by atoms with Gasteiger partial charge in [0.05, 0.1) is 0 Å². The molecule has 2 rings (SSSR count). The van der Waals surface area contributed by atoms with Crippen LogP contribution in [-0.2, 0) is 4.74 Å². The highest BCUT2D eigenvalue weighted by Gasteiger charge is 2.20. The van der Waals surface area contributed by atoms with Crippen molar-refractivity contribution in [3.63, 3.8) is 0 Å². The molecule has 0 aliphatic rings. The van der Waals surface area contributed by atoms with Crippen molar-refractivity contribution in [3.8, 4) is 0 Å². The van der Waals surface area contributed by atoms with Crippen LogP contribution in [0.2, 0.25) is 10.0 Å². The van der Waals surface area contributed by atoms with E-state index in [1.165, 1.54) is 0 Å². The topological polar surface area (TPSA) is 38.3 Å². The Bertz CT molecular complexity index is 597. The molecule has 2 aromatic carbocycles. The number of halogens is 2. The lowest BCUT2D eigenvalue weighted by Gasteiger charge is -2.19. The molecule has 0 unspecified atom stereocenters. The first-order chi connectivity index (χ1) is 10.1. The van der Waals surface area contributed by atoms with Crippen LogP contribution in [0, 0.1) is 0 Å². The number of carbonyl (C=O) groups excluding carboxylic acids is 1. The Balaban J connectivity index is 2.21. The fourth-order valence-electron chi connectivity index (χ4n) is 1.89. The molecule has 0 fully saturated rings. The highest BCUT2D eigenvalue weighted by Crippen LogP contribution is 2.23.